The highest BCUT2D eigenvalue weighted by molar-refractivity contribution is 5.71. The van der Waals surface area contributed by atoms with Gasteiger partial charge in [-0.05, 0) is 5.92 Å². The van der Waals surface area contributed by atoms with Gasteiger partial charge in [-0.3, -0.25) is 4.79 Å². The van der Waals surface area contributed by atoms with E-state index in [0.29, 0.717) is 6.61 Å². The summed E-state index contributed by atoms with van der Waals surface area (Å²) in [4.78, 5) is 10.6. The maximum absolute atomic E-state index is 10.6. The van der Waals surface area contributed by atoms with E-state index in [2.05, 4.69) is 6.58 Å². The highest BCUT2D eigenvalue weighted by Gasteiger charge is 2.28. The van der Waals surface area contributed by atoms with Crippen molar-refractivity contribution in [3.05, 3.63) is 12.7 Å². The molecule has 0 fully saturated rings. The minimum Gasteiger partial charge on any atom is -0.461 e. The number of esters is 1. The second-order valence-electron chi connectivity index (χ2n) is 5.91. The smallest absolute Gasteiger partial charge is 0.308 e. The van der Waals surface area contributed by atoms with Crippen LogP contribution >= 0.6 is 0 Å². The lowest BCUT2D eigenvalue weighted by molar-refractivity contribution is -0.146. The van der Waals surface area contributed by atoms with Crippen LogP contribution in [-0.2, 0) is 9.53 Å². The Bertz CT molecular complexity index is 257. The molecule has 2 N–H and O–H groups in total. The molecule has 0 aliphatic carbocycles. The zero-order valence-corrected chi connectivity index (χ0v) is 13.1. The van der Waals surface area contributed by atoms with Crippen molar-refractivity contribution in [2.45, 2.75) is 47.6 Å². The maximum atomic E-state index is 10.6. The topological polar surface area (TPSA) is 66.8 Å². The first kappa shape index (κ1) is 20.4. The molecule has 0 aliphatic heterocycles. The Balaban J connectivity index is 0. The number of aliphatic hydroxyl groups is 2. The first-order valence-electron chi connectivity index (χ1n) is 6.66. The van der Waals surface area contributed by atoms with Crippen LogP contribution in [0.3, 0.4) is 0 Å². The summed E-state index contributed by atoms with van der Waals surface area (Å²) in [5.74, 6) is 0.00185. The van der Waals surface area contributed by atoms with E-state index in [1.165, 1.54) is 0 Å². The van der Waals surface area contributed by atoms with E-state index in [0.717, 1.165) is 0 Å². The van der Waals surface area contributed by atoms with Crippen LogP contribution in [0.5, 0.6) is 0 Å². The van der Waals surface area contributed by atoms with Gasteiger partial charge < -0.3 is 14.9 Å². The molecule has 0 aromatic rings. The van der Waals surface area contributed by atoms with Gasteiger partial charge in [-0.2, -0.15) is 0 Å². The molecule has 0 saturated heterocycles. The Kier molecular flexibility index (Phi) is 10.7. The molecular weight excluding hydrogens is 244 g/mol. The molecule has 0 radical (unpaired) electrons. The number of hydrogen-bond donors (Lipinski definition) is 2. The highest BCUT2D eigenvalue weighted by Crippen LogP contribution is 2.24. The van der Waals surface area contributed by atoms with Crippen LogP contribution in [0.2, 0.25) is 0 Å². The maximum Gasteiger partial charge on any atom is 0.308 e. The number of rotatable bonds is 6. The van der Waals surface area contributed by atoms with Crippen LogP contribution in [0.15, 0.2) is 12.7 Å². The van der Waals surface area contributed by atoms with Gasteiger partial charge in [0.05, 0.1) is 18.6 Å². The number of carbonyl (C=O) groups excluding carboxylic acids is 1. The minimum absolute atomic E-state index is 0.0341. The SMILES string of the molecule is C=CCOC(=O)C(C)C.CC(C)C(O)C(C)(C)CO. The molecule has 0 heterocycles. The van der Waals surface area contributed by atoms with E-state index in [-0.39, 0.29) is 29.8 Å². The number of hydrogen-bond acceptors (Lipinski definition) is 4. The second-order valence-corrected chi connectivity index (χ2v) is 5.91. The van der Waals surface area contributed by atoms with Gasteiger partial charge in [0.2, 0.25) is 0 Å². The van der Waals surface area contributed by atoms with Crippen molar-refractivity contribution >= 4 is 5.97 Å². The van der Waals surface area contributed by atoms with Crippen molar-refractivity contribution in [3.63, 3.8) is 0 Å². The fraction of sp³-hybridized carbons (Fsp3) is 0.800. The Hall–Kier alpha value is -0.870. The molecule has 0 bridgehead atoms. The van der Waals surface area contributed by atoms with E-state index in [1.54, 1.807) is 19.9 Å². The van der Waals surface area contributed by atoms with E-state index in [1.807, 2.05) is 27.7 Å². The standard InChI is InChI=1S/C8H18O2.C7H12O2/c1-6(2)7(10)8(3,4)5-9;1-4-5-9-7(8)6(2)3/h6-7,9-10H,5H2,1-4H3;4,6H,1,5H2,2-3H3. The molecule has 0 rings (SSSR count). The van der Waals surface area contributed by atoms with Crippen LogP contribution in [0.25, 0.3) is 0 Å². The van der Waals surface area contributed by atoms with Gasteiger partial charge in [-0.15, -0.1) is 0 Å². The van der Waals surface area contributed by atoms with Gasteiger partial charge in [-0.1, -0.05) is 54.2 Å². The van der Waals surface area contributed by atoms with Crippen LogP contribution in [0, 0.1) is 17.3 Å². The summed E-state index contributed by atoms with van der Waals surface area (Å²) in [6.07, 6.45) is 1.14. The van der Waals surface area contributed by atoms with Crippen LogP contribution in [0.4, 0.5) is 0 Å². The Morgan fingerprint density at radius 2 is 1.79 bits per heavy atom. The molecule has 0 aromatic carbocycles. The third kappa shape index (κ3) is 9.68. The first-order chi connectivity index (χ1) is 8.60. The second kappa shape index (κ2) is 9.98. The monoisotopic (exact) mass is 274 g/mol. The van der Waals surface area contributed by atoms with E-state index >= 15 is 0 Å². The summed E-state index contributed by atoms with van der Waals surface area (Å²) < 4.78 is 4.70. The Labute approximate surface area is 117 Å². The van der Waals surface area contributed by atoms with Crippen molar-refractivity contribution in [2.75, 3.05) is 13.2 Å². The predicted octanol–water partition coefficient (Wildman–Crippen LogP) is 2.39. The average Bonchev–Trinajstić information content (AvgIpc) is 2.35. The normalized spacial score (nSPS) is 12.7. The molecule has 4 nitrogen and oxygen atoms in total. The molecule has 0 aliphatic rings. The highest BCUT2D eigenvalue weighted by atomic mass is 16.5. The molecule has 19 heavy (non-hydrogen) atoms. The summed E-state index contributed by atoms with van der Waals surface area (Å²) >= 11 is 0. The van der Waals surface area contributed by atoms with E-state index in [9.17, 15) is 9.90 Å². The molecule has 0 aromatic heterocycles. The van der Waals surface area contributed by atoms with E-state index < -0.39 is 6.10 Å². The Morgan fingerprint density at radius 3 is 2.00 bits per heavy atom. The lowest BCUT2D eigenvalue weighted by Crippen LogP contribution is -2.36. The summed E-state index contributed by atoms with van der Waals surface area (Å²) in [7, 11) is 0. The summed E-state index contributed by atoms with van der Waals surface area (Å²) in [5.41, 5.74) is -0.367. The number of aliphatic hydroxyl groups excluding tert-OH is 2. The molecule has 0 saturated carbocycles. The van der Waals surface area contributed by atoms with E-state index in [4.69, 9.17) is 9.84 Å². The minimum atomic E-state index is -0.419. The summed E-state index contributed by atoms with van der Waals surface area (Å²) in [6, 6.07) is 0. The molecule has 4 heteroatoms. The van der Waals surface area contributed by atoms with Crippen molar-refractivity contribution in [1.29, 1.82) is 0 Å². The molecule has 0 amide bonds. The zero-order valence-electron chi connectivity index (χ0n) is 13.1. The van der Waals surface area contributed by atoms with Crippen LogP contribution in [-0.4, -0.2) is 35.5 Å². The van der Waals surface area contributed by atoms with Crippen molar-refractivity contribution < 1.29 is 19.7 Å². The largest absolute Gasteiger partial charge is 0.461 e. The lowest BCUT2D eigenvalue weighted by atomic mass is 9.82. The summed E-state index contributed by atoms with van der Waals surface area (Å²) in [6.45, 7) is 15.0. The third-order valence-electron chi connectivity index (χ3n) is 2.65. The number of carbonyl (C=O) groups is 1. The van der Waals surface area contributed by atoms with Crippen molar-refractivity contribution in [1.82, 2.24) is 0 Å². The molecule has 1 atom stereocenters. The zero-order chi connectivity index (χ0) is 15.6. The van der Waals surface area contributed by atoms with Crippen molar-refractivity contribution in [2.24, 2.45) is 17.3 Å². The number of ether oxygens (including phenoxy) is 1. The molecule has 1 unspecified atom stereocenters. The van der Waals surface area contributed by atoms with Gasteiger partial charge in [0, 0.05) is 5.41 Å². The fourth-order valence-corrected chi connectivity index (χ4v) is 1.30. The first-order valence-corrected chi connectivity index (χ1v) is 6.66. The van der Waals surface area contributed by atoms with Gasteiger partial charge >= 0.3 is 5.97 Å². The third-order valence-corrected chi connectivity index (χ3v) is 2.65. The Morgan fingerprint density at radius 1 is 1.32 bits per heavy atom. The van der Waals surface area contributed by atoms with Crippen LogP contribution < -0.4 is 0 Å². The van der Waals surface area contributed by atoms with Crippen LogP contribution in [0.1, 0.15) is 41.5 Å². The predicted molar refractivity (Wildman–Crippen MR) is 77.7 cm³/mol. The lowest BCUT2D eigenvalue weighted by Gasteiger charge is -2.30. The quantitative estimate of drug-likeness (QED) is 0.576. The van der Waals surface area contributed by atoms with Gasteiger partial charge in [0.1, 0.15) is 6.61 Å². The van der Waals surface area contributed by atoms with Gasteiger partial charge in [-0.25, -0.2) is 0 Å². The average molecular weight is 274 g/mol. The molecular formula is C15H30O4. The fourth-order valence-electron chi connectivity index (χ4n) is 1.30. The molecule has 114 valence electrons. The van der Waals surface area contributed by atoms with Gasteiger partial charge in [0.25, 0.3) is 0 Å². The van der Waals surface area contributed by atoms with Crippen molar-refractivity contribution in [3.8, 4) is 0 Å². The molecule has 0 spiro atoms. The van der Waals surface area contributed by atoms with Gasteiger partial charge in [0.15, 0.2) is 0 Å². The summed E-state index contributed by atoms with van der Waals surface area (Å²) in [5, 5.41) is 18.3.